The van der Waals surface area contributed by atoms with E-state index in [9.17, 15) is 4.79 Å². The first-order chi connectivity index (χ1) is 7.28. The summed E-state index contributed by atoms with van der Waals surface area (Å²) in [5.41, 5.74) is 0. The van der Waals surface area contributed by atoms with Gasteiger partial charge in [0.1, 0.15) is 23.4 Å². The minimum Gasteiger partial charge on any atom is -0.497 e. The molecule has 0 amide bonds. The molecule has 0 aliphatic heterocycles. The van der Waals surface area contributed by atoms with Crippen LogP contribution in [0.15, 0.2) is 24.3 Å². The van der Waals surface area contributed by atoms with E-state index in [0.717, 1.165) is 17.9 Å². The third-order valence-electron chi connectivity index (χ3n) is 2.54. The molecule has 0 heterocycles. The van der Waals surface area contributed by atoms with Crippen LogP contribution in [0.5, 0.6) is 11.5 Å². The average Bonchev–Trinajstić information content (AvgIpc) is 2.64. The summed E-state index contributed by atoms with van der Waals surface area (Å²) >= 11 is 0. The molecular formula is C12H14O3. The maximum absolute atomic E-state index is 11.1. The van der Waals surface area contributed by atoms with Crippen LogP contribution < -0.4 is 9.47 Å². The van der Waals surface area contributed by atoms with Gasteiger partial charge in [-0.3, -0.25) is 4.79 Å². The van der Waals surface area contributed by atoms with Crippen molar-refractivity contribution in [3.63, 3.8) is 0 Å². The number of benzene rings is 1. The highest BCUT2D eigenvalue weighted by Gasteiger charge is 2.23. The van der Waals surface area contributed by atoms with Crippen LogP contribution in [0.3, 0.4) is 0 Å². The van der Waals surface area contributed by atoms with Crippen molar-refractivity contribution < 1.29 is 14.3 Å². The van der Waals surface area contributed by atoms with Crippen molar-refractivity contribution >= 4 is 5.78 Å². The predicted molar refractivity (Wildman–Crippen MR) is 56.3 cm³/mol. The Morgan fingerprint density at radius 2 is 2.13 bits per heavy atom. The van der Waals surface area contributed by atoms with E-state index in [-0.39, 0.29) is 6.10 Å². The fourth-order valence-corrected chi connectivity index (χ4v) is 1.75. The van der Waals surface area contributed by atoms with Crippen LogP contribution in [0.2, 0.25) is 0 Å². The molecule has 2 rings (SSSR count). The molecule has 1 fully saturated rings. The number of methoxy groups -OCH3 is 1. The van der Waals surface area contributed by atoms with Gasteiger partial charge in [0.05, 0.1) is 7.11 Å². The largest absolute Gasteiger partial charge is 0.497 e. The van der Waals surface area contributed by atoms with Crippen LogP contribution in [0.4, 0.5) is 0 Å². The second-order valence-electron chi connectivity index (χ2n) is 3.70. The zero-order chi connectivity index (χ0) is 10.7. The monoisotopic (exact) mass is 206 g/mol. The average molecular weight is 206 g/mol. The van der Waals surface area contributed by atoms with Gasteiger partial charge in [-0.25, -0.2) is 0 Å². The van der Waals surface area contributed by atoms with Gasteiger partial charge in [0.25, 0.3) is 0 Å². The summed E-state index contributed by atoms with van der Waals surface area (Å²) in [7, 11) is 1.62. The number of ketones is 1. The minimum absolute atomic E-state index is 0.0459. The summed E-state index contributed by atoms with van der Waals surface area (Å²) < 4.78 is 10.8. The van der Waals surface area contributed by atoms with Crippen LogP contribution in [0.1, 0.15) is 19.3 Å². The lowest BCUT2D eigenvalue weighted by atomic mass is 10.3. The molecule has 1 aliphatic carbocycles. The standard InChI is InChI=1S/C12H14O3/c1-14-10-3-2-4-11(8-10)15-12-6-5-9(13)7-12/h2-4,8,12H,5-7H2,1H3. The summed E-state index contributed by atoms with van der Waals surface area (Å²) in [5.74, 6) is 1.84. The van der Waals surface area contributed by atoms with Gasteiger partial charge in [0, 0.05) is 18.9 Å². The van der Waals surface area contributed by atoms with Gasteiger partial charge in [-0.2, -0.15) is 0 Å². The normalized spacial score (nSPS) is 20.3. The van der Waals surface area contributed by atoms with E-state index in [2.05, 4.69) is 0 Å². The maximum atomic E-state index is 11.1. The SMILES string of the molecule is COc1cccc(OC2CCC(=O)C2)c1. The second-order valence-corrected chi connectivity index (χ2v) is 3.70. The zero-order valence-corrected chi connectivity index (χ0v) is 8.73. The van der Waals surface area contributed by atoms with E-state index in [1.807, 2.05) is 24.3 Å². The molecule has 0 saturated heterocycles. The van der Waals surface area contributed by atoms with Crippen molar-refractivity contribution in [3.8, 4) is 11.5 Å². The molecule has 1 unspecified atom stereocenters. The Balaban J connectivity index is 2.01. The number of rotatable bonds is 3. The Hall–Kier alpha value is -1.51. The molecule has 0 spiro atoms. The van der Waals surface area contributed by atoms with Crippen LogP contribution in [-0.4, -0.2) is 19.0 Å². The number of hydrogen-bond donors (Lipinski definition) is 0. The minimum atomic E-state index is 0.0459. The van der Waals surface area contributed by atoms with E-state index in [1.54, 1.807) is 7.11 Å². The summed E-state index contributed by atoms with van der Waals surface area (Å²) in [6.45, 7) is 0. The molecule has 15 heavy (non-hydrogen) atoms. The van der Waals surface area contributed by atoms with Gasteiger partial charge in [-0.15, -0.1) is 0 Å². The van der Waals surface area contributed by atoms with Crippen LogP contribution in [0, 0.1) is 0 Å². The topological polar surface area (TPSA) is 35.5 Å². The Bertz CT molecular complexity index is 360. The van der Waals surface area contributed by atoms with Gasteiger partial charge >= 0.3 is 0 Å². The smallest absolute Gasteiger partial charge is 0.136 e. The lowest BCUT2D eigenvalue weighted by Gasteiger charge is -2.12. The fraction of sp³-hybridized carbons (Fsp3) is 0.417. The molecule has 1 saturated carbocycles. The van der Waals surface area contributed by atoms with Crippen LogP contribution >= 0.6 is 0 Å². The lowest BCUT2D eigenvalue weighted by molar-refractivity contribution is -0.117. The quantitative estimate of drug-likeness (QED) is 0.760. The molecule has 1 atom stereocenters. The highest BCUT2D eigenvalue weighted by molar-refractivity contribution is 5.81. The fourth-order valence-electron chi connectivity index (χ4n) is 1.75. The first-order valence-corrected chi connectivity index (χ1v) is 5.10. The number of ether oxygens (including phenoxy) is 2. The molecule has 1 aliphatic rings. The van der Waals surface area contributed by atoms with Gasteiger partial charge in [0.2, 0.25) is 0 Å². The second kappa shape index (κ2) is 4.34. The number of hydrogen-bond acceptors (Lipinski definition) is 3. The Morgan fingerprint density at radius 3 is 2.80 bits per heavy atom. The highest BCUT2D eigenvalue weighted by Crippen LogP contribution is 2.24. The molecule has 0 bridgehead atoms. The summed E-state index contributed by atoms with van der Waals surface area (Å²) in [6, 6.07) is 7.46. The van der Waals surface area contributed by atoms with Crippen molar-refractivity contribution in [1.29, 1.82) is 0 Å². The number of carbonyl (C=O) groups excluding carboxylic acids is 1. The van der Waals surface area contributed by atoms with Gasteiger partial charge < -0.3 is 9.47 Å². The highest BCUT2D eigenvalue weighted by atomic mass is 16.5. The molecule has 3 nitrogen and oxygen atoms in total. The lowest BCUT2D eigenvalue weighted by Crippen LogP contribution is -2.11. The molecular weight excluding hydrogens is 192 g/mol. The van der Waals surface area contributed by atoms with Crippen LogP contribution in [-0.2, 0) is 4.79 Å². The van der Waals surface area contributed by atoms with Gasteiger partial charge in [-0.1, -0.05) is 6.07 Å². The first kappa shape index (κ1) is 10.0. The molecule has 0 aromatic heterocycles. The predicted octanol–water partition coefficient (Wildman–Crippen LogP) is 2.20. The summed E-state index contributed by atoms with van der Waals surface area (Å²) in [4.78, 5) is 11.1. The van der Waals surface area contributed by atoms with Gasteiger partial charge in [-0.05, 0) is 18.6 Å². The molecule has 0 radical (unpaired) electrons. The van der Waals surface area contributed by atoms with Gasteiger partial charge in [0.15, 0.2) is 0 Å². The number of Topliss-reactive ketones (excluding diaryl/α,β-unsaturated/α-hetero) is 1. The molecule has 3 heteroatoms. The van der Waals surface area contributed by atoms with Crippen molar-refractivity contribution in [1.82, 2.24) is 0 Å². The maximum Gasteiger partial charge on any atom is 0.136 e. The third kappa shape index (κ3) is 2.49. The Labute approximate surface area is 89.0 Å². The molecule has 1 aromatic carbocycles. The van der Waals surface area contributed by atoms with Crippen LogP contribution in [0.25, 0.3) is 0 Å². The summed E-state index contributed by atoms with van der Waals surface area (Å²) in [5, 5.41) is 0. The van der Waals surface area contributed by atoms with Crippen molar-refractivity contribution in [3.05, 3.63) is 24.3 Å². The third-order valence-corrected chi connectivity index (χ3v) is 2.54. The molecule has 0 N–H and O–H groups in total. The zero-order valence-electron chi connectivity index (χ0n) is 8.73. The molecule has 1 aromatic rings. The Kier molecular flexibility index (Phi) is 2.90. The first-order valence-electron chi connectivity index (χ1n) is 5.10. The number of carbonyl (C=O) groups is 1. The Morgan fingerprint density at radius 1 is 1.33 bits per heavy atom. The van der Waals surface area contributed by atoms with E-state index < -0.39 is 0 Å². The van der Waals surface area contributed by atoms with E-state index in [1.165, 1.54) is 0 Å². The molecule has 80 valence electrons. The van der Waals surface area contributed by atoms with E-state index >= 15 is 0 Å². The van der Waals surface area contributed by atoms with E-state index in [4.69, 9.17) is 9.47 Å². The van der Waals surface area contributed by atoms with Crippen molar-refractivity contribution in [2.24, 2.45) is 0 Å². The van der Waals surface area contributed by atoms with Crippen molar-refractivity contribution in [2.75, 3.05) is 7.11 Å². The summed E-state index contributed by atoms with van der Waals surface area (Å²) in [6.07, 6.45) is 2.06. The van der Waals surface area contributed by atoms with Crippen molar-refractivity contribution in [2.45, 2.75) is 25.4 Å². The van der Waals surface area contributed by atoms with E-state index in [0.29, 0.717) is 18.6 Å².